The maximum Gasteiger partial charge on any atom is 0.294 e. The van der Waals surface area contributed by atoms with Gasteiger partial charge in [-0.1, -0.05) is 35.9 Å². The molecule has 0 bridgehead atoms. The Balaban J connectivity index is 1.68. The molecule has 1 unspecified atom stereocenters. The van der Waals surface area contributed by atoms with Crippen molar-refractivity contribution < 1.29 is 23.8 Å². The molecular formula is C26H19ClN2O5. The third kappa shape index (κ3) is 3.41. The Morgan fingerprint density at radius 2 is 2.00 bits per heavy atom. The molecular weight excluding hydrogens is 456 g/mol. The number of halogens is 1. The third-order valence-corrected chi connectivity index (χ3v) is 6.07. The first-order valence-corrected chi connectivity index (χ1v) is 10.8. The number of carbonyl (C=O) groups is 2. The fraction of sp³-hybridized carbons (Fsp3) is 0.115. The highest BCUT2D eigenvalue weighted by Crippen LogP contribution is 2.44. The summed E-state index contributed by atoms with van der Waals surface area (Å²) in [6.07, 6.45) is 3.14. The quantitative estimate of drug-likeness (QED) is 0.379. The summed E-state index contributed by atoms with van der Waals surface area (Å²) in [5.41, 5.74) is 2.08. The summed E-state index contributed by atoms with van der Waals surface area (Å²) in [6.45, 7) is 1.82. The molecule has 2 aromatic carbocycles. The number of pyridine rings is 1. The average Bonchev–Trinajstić information content (AvgIpc) is 3.40. The van der Waals surface area contributed by atoms with Crippen molar-refractivity contribution in [2.24, 2.45) is 0 Å². The largest absolute Gasteiger partial charge is 0.503 e. The number of aliphatic hydroxyl groups excluding tert-OH is 1. The zero-order valence-corrected chi connectivity index (χ0v) is 19.0. The van der Waals surface area contributed by atoms with Crippen molar-refractivity contribution in [1.82, 2.24) is 4.98 Å². The molecule has 1 aliphatic rings. The molecule has 7 nitrogen and oxygen atoms in total. The van der Waals surface area contributed by atoms with Crippen LogP contribution in [0.3, 0.4) is 0 Å². The van der Waals surface area contributed by atoms with Crippen LogP contribution in [0.2, 0.25) is 5.02 Å². The molecule has 34 heavy (non-hydrogen) atoms. The van der Waals surface area contributed by atoms with Crippen molar-refractivity contribution in [3.05, 3.63) is 100 Å². The molecule has 170 valence electrons. The van der Waals surface area contributed by atoms with E-state index in [9.17, 15) is 14.7 Å². The van der Waals surface area contributed by atoms with E-state index < -0.39 is 23.5 Å². The normalized spacial score (nSPS) is 15.9. The van der Waals surface area contributed by atoms with Crippen LogP contribution in [0.1, 0.15) is 27.7 Å². The number of anilines is 1. The predicted molar refractivity (Wildman–Crippen MR) is 127 cm³/mol. The molecule has 0 saturated heterocycles. The second-order valence-electron chi connectivity index (χ2n) is 7.88. The molecule has 2 aromatic heterocycles. The van der Waals surface area contributed by atoms with E-state index in [1.807, 2.05) is 6.92 Å². The molecule has 1 aliphatic heterocycles. The number of benzene rings is 2. The molecule has 3 heterocycles. The minimum Gasteiger partial charge on any atom is -0.503 e. The molecule has 4 aromatic rings. The highest BCUT2D eigenvalue weighted by molar-refractivity contribution is 6.31. The molecule has 0 saturated carbocycles. The van der Waals surface area contributed by atoms with Crippen LogP contribution in [0.25, 0.3) is 11.0 Å². The molecule has 0 fully saturated rings. The van der Waals surface area contributed by atoms with Gasteiger partial charge >= 0.3 is 0 Å². The van der Waals surface area contributed by atoms with Gasteiger partial charge in [0.25, 0.3) is 5.91 Å². The van der Waals surface area contributed by atoms with Crippen molar-refractivity contribution in [3.63, 3.8) is 0 Å². The van der Waals surface area contributed by atoms with Crippen LogP contribution in [0.15, 0.2) is 82.7 Å². The molecule has 0 spiro atoms. The number of nitrogens with zero attached hydrogens (tertiary/aromatic N) is 2. The Morgan fingerprint density at radius 1 is 1.18 bits per heavy atom. The van der Waals surface area contributed by atoms with Gasteiger partial charge in [-0.15, -0.1) is 0 Å². The molecule has 1 atom stereocenters. The van der Waals surface area contributed by atoms with Gasteiger partial charge in [0.15, 0.2) is 22.9 Å². The van der Waals surface area contributed by atoms with Gasteiger partial charge in [-0.05, 0) is 48.4 Å². The van der Waals surface area contributed by atoms with Gasteiger partial charge < -0.3 is 14.3 Å². The van der Waals surface area contributed by atoms with Gasteiger partial charge in [0, 0.05) is 28.5 Å². The summed E-state index contributed by atoms with van der Waals surface area (Å²) >= 11 is 6.22. The van der Waals surface area contributed by atoms with Crippen LogP contribution in [0.5, 0.6) is 5.75 Å². The van der Waals surface area contributed by atoms with E-state index in [1.54, 1.807) is 67.0 Å². The highest BCUT2D eigenvalue weighted by atomic mass is 35.5. The lowest BCUT2D eigenvalue weighted by atomic mass is 9.95. The zero-order valence-electron chi connectivity index (χ0n) is 18.3. The first-order chi connectivity index (χ1) is 16.4. The summed E-state index contributed by atoms with van der Waals surface area (Å²) < 4.78 is 11.2. The standard InChI is InChI=1S/C26H19ClN2O5/c1-14-8-9-17(27)12-18(14)29-22(16-6-4-10-28-13-16)21(24(31)26(29)32)23(30)20-11-15-5-3-7-19(33-2)25(15)34-20/h3-13,22,31H,1-2H3. The number of aryl methyl sites for hydroxylation is 1. The maximum atomic E-state index is 13.7. The Kier molecular flexibility index (Phi) is 5.34. The lowest BCUT2D eigenvalue weighted by Crippen LogP contribution is -2.31. The van der Waals surface area contributed by atoms with Crippen LogP contribution in [-0.4, -0.2) is 28.9 Å². The minimum absolute atomic E-state index is 0.0209. The Morgan fingerprint density at radius 3 is 2.74 bits per heavy atom. The van der Waals surface area contributed by atoms with Gasteiger partial charge in [-0.25, -0.2) is 0 Å². The van der Waals surface area contributed by atoms with E-state index in [0.717, 1.165) is 5.56 Å². The third-order valence-electron chi connectivity index (χ3n) is 5.84. The molecule has 0 aliphatic carbocycles. The summed E-state index contributed by atoms with van der Waals surface area (Å²) in [4.78, 5) is 32.5. The summed E-state index contributed by atoms with van der Waals surface area (Å²) in [6, 6.07) is 14.5. The summed E-state index contributed by atoms with van der Waals surface area (Å²) in [5.74, 6) is -1.52. The van der Waals surface area contributed by atoms with Gasteiger partial charge in [0.05, 0.1) is 18.7 Å². The lowest BCUT2D eigenvalue weighted by molar-refractivity contribution is -0.117. The van der Waals surface area contributed by atoms with Crippen LogP contribution in [-0.2, 0) is 4.79 Å². The first kappa shape index (κ1) is 21.7. The number of furan rings is 1. The topological polar surface area (TPSA) is 92.9 Å². The van der Waals surface area contributed by atoms with Crippen LogP contribution in [0.4, 0.5) is 5.69 Å². The number of aliphatic hydroxyl groups is 1. The molecule has 1 N–H and O–H groups in total. The number of amides is 1. The van der Waals surface area contributed by atoms with E-state index in [0.29, 0.717) is 33.0 Å². The first-order valence-electron chi connectivity index (χ1n) is 10.4. The number of hydrogen-bond donors (Lipinski definition) is 1. The van der Waals surface area contributed by atoms with Gasteiger partial charge in [0.1, 0.15) is 0 Å². The van der Waals surface area contributed by atoms with Gasteiger partial charge in [-0.2, -0.15) is 0 Å². The number of ether oxygens (including phenoxy) is 1. The van der Waals surface area contributed by atoms with Crippen molar-refractivity contribution >= 4 is 39.9 Å². The smallest absolute Gasteiger partial charge is 0.294 e. The van der Waals surface area contributed by atoms with E-state index in [2.05, 4.69) is 4.98 Å². The number of aromatic nitrogens is 1. The number of hydrogen-bond acceptors (Lipinski definition) is 6. The number of Topliss-reactive ketones (excluding diaryl/α,β-unsaturated/α-hetero) is 1. The fourth-order valence-electron chi connectivity index (χ4n) is 4.22. The van der Waals surface area contributed by atoms with Crippen molar-refractivity contribution in [1.29, 1.82) is 0 Å². The monoisotopic (exact) mass is 474 g/mol. The van der Waals surface area contributed by atoms with E-state index in [-0.39, 0.29) is 11.3 Å². The lowest BCUT2D eigenvalue weighted by Gasteiger charge is -2.28. The number of ketones is 1. The fourth-order valence-corrected chi connectivity index (χ4v) is 4.39. The number of carbonyl (C=O) groups excluding carboxylic acids is 2. The summed E-state index contributed by atoms with van der Waals surface area (Å²) in [5, 5.41) is 12.0. The molecule has 0 radical (unpaired) electrons. The molecule has 5 rings (SSSR count). The predicted octanol–water partition coefficient (Wildman–Crippen LogP) is 5.58. The Labute approximate surface area is 199 Å². The number of methoxy groups -OCH3 is 1. The van der Waals surface area contributed by atoms with E-state index >= 15 is 0 Å². The van der Waals surface area contributed by atoms with Crippen LogP contribution < -0.4 is 9.64 Å². The highest BCUT2D eigenvalue weighted by Gasteiger charge is 2.46. The Hall–Kier alpha value is -4.10. The number of para-hydroxylation sites is 1. The molecule has 8 heteroatoms. The van der Waals surface area contributed by atoms with E-state index in [1.165, 1.54) is 12.0 Å². The van der Waals surface area contributed by atoms with E-state index in [4.69, 9.17) is 20.8 Å². The second kappa shape index (κ2) is 8.35. The number of fused-ring (bicyclic) bond motifs is 1. The van der Waals surface area contributed by atoms with Crippen molar-refractivity contribution in [3.8, 4) is 5.75 Å². The SMILES string of the molecule is COc1cccc2cc(C(=O)C3=C(O)C(=O)N(c4cc(Cl)ccc4C)C3c3cccnc3)oc12. The molecule has 1 amide bonds. The maximum absolute atomic E-state index is 13.7. The van der Waals surface area contributed by atoms with Crippen LogP contribution in [0, 0.1) is 6.92 Å². The van der Waals surface area contributed by atoms with Gasteiger partial charge in [-0.3, -0.25) is 19.5 Å². The minimum atomic E-state index is -0.930. The summed E-state index contributed by atoms with van der Waals surface area (Å²) in [7, 11) is 1.51. The zero-order chi connectivity index (χ0) is 24.0. The Bertz CT molecular complexity index is 1480. The van der Waals surface area contributed by atoms with Crippen molar-refractivity contribution in [2.45, 2.75) is 13.0 Å². The average molecular weight is 475 g/mol. The van der Waals surface area contributed by atoms with Crippen LogP contribution >= 0.6 is 11.6 Å². The second-order valence-corrected chi connectivity index (χ2v) is 8.31. The van der Waals surface area contributed by atoms with Crippen molar-refractivity contribution in [2.75, 3.05) is 12.0 Å². The van der Waals surface area contributed by atoms with Gasteiger partial charge in [0.2, 0.25) is 5.78 Å². The number of rotatable bonds is 5.